The summed E-state index contributed by atoms with van der Waals surface area (Å²) in [5.74, 6) is -0.183. The largest absolute Gasteiger partial charge is 0.345 e. The van der Waals surface area contributed by atoms with Crippen molar-refractivity contribution < 1.29 is 4.79 Å². The van der Waals surface area contributed by atoms with Crippen molar-refractivity contribution in [3.05, 3.63) is 64.9 Å². The van der Waals surface area contributed by atoms with Crippen molar-refractivity contribution in [1.29, 1.82) is 0 Å². The van der Waals surface area contributed by atoms with Crippen LogP contribution >= 0.6 is 11.6 Å². The van der Waals surface area contributed by atoms with Crippen molar-refractivity contribution in [1.82, 2.24) is 10.3 Å². The number of carbonyl (C=O) groups is 1. The fraction of sp³-hybridized carbons (Fsp3) is 0.143. The smallest absolute Gasteiger partial charge is 0.253 e. The molecular formula is C14H13ClN2O. The van der Waals surface area contributed by atoms with E-state index in [-0.39, 0.29) is 11.9 Å². The molecule has 1 amide bonds. The fourth-order valence-electron chi connectivity index (χ4n) is 1.64. The number of benzene rings is 1. The van der Waals surface area contributed by atoms with Crippen LogP contribution in [0.3, 0.4) is 0 Å². The molecule has 0 aliphatic rings. The molecule has 0 saturated heterocycles. The third-order valence-corrected chi connectivity index (χ3v) is 2.98. The van der Waals surface area contributed by atoms with Gasteiger partial charge in [-0.3, -0.25) is 9.78 Å². The second kappa shape index (κ2) is 5.65. The number of hydrogen-bond acceptors (Lipinski definition) is 2. The highest BCUT2D eigenvalue weighted by molar-refractivity contribution is 6.33. The van der Waals surface area contributed by atoms with Gasteiger partial charge in [-0.15, -0.1) is 0 Å². The minimum Gasteiger partial charge on any atom is -0.345 e. The summed E-state index contributed by atoms with van der Waals surface area (Å²) in [7, 11) is 0. The van der Waals surface area contributed by atoms with Crippen LogP contribution in [0, 0.1) is 0 Å². The Balaban J connectivity index is 2.11. The number of amides is 1. The first-order chi connectivity index (χ1) is 8.68. The summed E-state index contributed by atoms with van der Waals surface area (Å²) < 4.78 is 0. The molecule has 1 aromatic carbocycles. The molecular weight excluding hydrogens is 248 g/mol. The predicted octanol–water partition coefficient (Wildman–Crippen LogP) is 3.23. The first kappa shape index (κ1) is 12.6. The van der Waals surface area contributed by atoms with Crippen LogP contribution in [0.15, 0.2) is 48.8 Å². The standard InChI is InChI=1S/C14H13ClN2O/c1-10(11-5-4-8-16-9-11)17-14(18)12-6-2-3-7-13(12)15/h2-10H,1H3,(H,17,18). The van der Waals surface area contributed by atoms with Crippen LogP contribution in [0.4, 0.5) is 0 Å². The van der Waals surface area contributed by atoms with E-state index in [1.165, 1.54) is 0 Å². The highest BCUT2D eigenvalue weighted by Gasteiger charge is 2.13. The molecule has 4 heteroatoms. The topological polar surface area (TPSA) is 42.0 Å². The Kier molecular flexibility index (Phi) is 3.95. The maximum Gasteiger partial charge on any atom is 0.253 e. The third kappa shape index (κ3) is 2.87. The van der Waals surface area contributed by atoms with Crippen LogP contribution in [0.2, 0.25) is 5.02 Å². The summed E-state index contributed by atoms with van der Waals surface area (Å²) in [5.41, 5.74) is 1.44. The zero-order valence-corrected chi connectivity index (χ0v) is 10.7. The Morgan fingerprint density at radius 1 is 1.28 bits per heavy atom. The lowest BCUT2D eigenvalue weighted by Gasteiger charge is -2.14. The molecule has 0 aliphatic carbocycles. The first-order valence-corrected chi connectivity index (χ1v) is 6.01. The van der Waals surface area contributed by atoms with Crippen LogP contribution in [0.25, 0.3) is 0 Å². The maximum absolute atomic E-state index is 12.0. The number of hydrogen-bond donors (Lipinski definition) is 1. The van der Waals surface area contributed by atoms with Gasteiger partial charge in [0.1, 0.15) is 0 Å². The molecule has 18 heavy (non-hydrogen) atoms. The lowest BCUT2D eigenvalue weighted by atomic mass is 10.1. The average Bonchev–Trinajstić information content (AvgIpc) is 2.40. The number of pyridine rings is 1. The average molecular weight is 261 g/mol. The number of rotatable bonds is 3. The van der Waals surface area contributed by atoms with E-state index in [1.54, 1.807) is 36.7 Å². The van der Waals surface area contributed by atoms with E-state index < -0.39 is 0 Å². The number of nitrogens with one attached hydrogen (secondary N) is 1. The summed E-state index contributed by atoms with van der Waals surface area (Å²) in [6.45, 7) is 1.91. The third-order valence-electron chi connectivity index (χ3n) is 2.65. The molecule has 1 atom stereocenters. The SMILES string of the molecule is CC(NC(=O)c1ccccc1Cl)c1cccnc1. The lowest BCUT2D eigenvalue weighted by molar-refractivity contribution is 0.0940. The van der Waals surface area contributed by atoms with Crippen molar-refractivity contribution in [2.45, 2.75) is 13.0 Å². The van der Waals surface area contributed by atoms with E-state index in [9.17, 15) is 4.79 Å². The summed E-state index contributed by atoms with van der Waals surface area (Å²) in [5, 5.41) is 3.34. The normalized spacial score (nSPS) is 11.9. The molecule has 0 spiro atoms. The van der Waals surface area contributed by atoms with E-state index in [0.717, 1.165) is 5.56 Å². The highest BCUT2D eigenvalue weighted by atomic mass is 35.5. The molecule has 3 nitrogen and oxygen atoms in total. The van der Waals surface area contributed by atoms with Crippen molar-refractivity contribution in [3.63, 3.8) is 0 Å². The van der Waals surface area contributed by atoms with E-state index >= 15 is 0 Å². The van der Waals surface area contributed by atoms with Gasteiger partial charge >= 0.3 is 0 Å². The van der Waals surface area contributed by atoms with Crippen LogP contribution in [-0.2, 0) is 0 Å². The Hall–Kier alpha value is -1.87. The Labute approximate surface area is 111 Å². The fourth-order valence-corrected chi connectivity index (χ4v) is 1.86. The molecule has 0 radical (unpaired) electrons. The van der Waals surface area contributed by atoms with Crippen molar-refractivity contribution in [2.24, 2.45) is 0 Å². The van der Waals surface area contributed by atoms with Crippen LogP contribution in [-0.4, -0.2) is 10.9 Å². The molecule has 2 rings (SSSR count). The summed E-state index contributed by atoms with van der Waals surface area (Å²) in [6, 6.07) is 10.6. The second-order valence-electron chi connectivity index (χ2n) is 3.96. The summed E-state index contributed by atoms with van der Waals surface area (Å²) in [4.78, 5) is 16.1. The number of nitrogens with zero attached hydrogens (tertiary/aromatic N) is 1. The highest BCUT2D eigenvalue weighted by Crippen LogP contribution is 2.17. The van der Waals surface area contributed by atoms with Crippen LogP contribution < -0.4 is 5.32 Å². The quantitative estimate of drug-likeness (QED) is 0.921. The molecule has 1 unspecified atom stereocenters. The van der Waals surface area contributed by atoms with Gasteiger partial charge in [0.2, 0.25) is 0 Å². The second-order valence-corrected chi connectivity index (χ2v) is 4.37. The van der Waals surface area contributed by atoms with Crippen LogP contribution in [0.5, 0.6) is 0 Å². The molecule has 2 aromatic rings. The first-order valence-electron chi connectivity index (χ1n) is 5.64. The predicted molar refractivity (Wildman–Crippen MR) is 71.6 cm³/mol. The molecule has 1 N–H and O–H groups in total. The molecule has 1 heterocycles. The van der Waals surface area contributed by atoms with Gasteiger partial charge in [0.05, 0.1) is 16.6 Å². The van der Waals surface area contributed by atoms with E-state index in [1.807, 2.05) is 19.1 Å². The van der Waals surface area contributed by atoms with E-state index in [4.69, 9.17) is 11.6 Å². The molecule has 1 aromatic heterocycles. The van der Waals surface area contributed by atoms with Gasteiger partial charge in [0.15, 0.2) is 0 Å². The van der Waals surface area contributed by atoms with Crippen molar-refractivity contribution >= 4 is 17.5 Å². The van der Waals surface area contributed by atoms with Crippen LogP contribution in [0.1, 0.15) is 28.9 Å². The summed E-state index contributed by atoms with van der Waals surface area (Å²) >= 11 is 5.98. The molecule has 92 valence electrons. The van der Waals surface area contributed by atoms with Gasteiger partial charge in [-0.05, 0) is 30.7 Å². The van der Waals surface area contributed by atoms with Crippen molar-refractivity contribution in [2.75, 3.05) is 0 Å². The lowest BCUT2D eigenvalue weighted by Crippen LogP contribution is -2.26. The molecule has 0 fully saturated rings. The Bertz CT molecular complexity index is 543. The van der Waals surface area contributed by atoms with Gasteiger partial charge in [-0.1, -0.05) is 29.8 Å². The zero-order chi connectivity index (χ0) is 13.0. The van der Waals surface area contributed by atoms with Gasteiger partial charge in [-0.25, -0.2) is 0 Å². The van der Waals surface area contributed by atoms with Gasteiger partial charge in [0.25, 0.3) is 5.91 Å². The monoisotopic (exact) mass is 260 g/mol. The van der Waals surface area contributed by atoms with Gasteiger partial charge in [-0.2, -0.15) is 0 Å². The molecule has 0 bridgehead atoms. The van der Waals surface area contributed by atoms with Gasteiger partial charge in [0, 0.05) is 12.4 Å². The van der Waals surface area contributed by atoms with E-state index in [2.05, 4.69) is 10.3 Å². The Morgan fingerprint density at radius 3 is 2.72 bits per heavy atom. The Morgan fingerprint density at radius 2 is 2.06 bits per heavy atom. The molecule has 0 saturated carbocycles. The van der Waals surface area contributed by atoms with Crippen molar-refractivity contribution in [3.8, 4) is 0 Å². The maximum atomic E-state index is 12.0. The number of carbonyl (C=O) groups excluding carboxylic acids is 1. The minimum absolute atomic E-state index is 0.109. The van der Waals surface area contributed by atoms with Gasteiger partial charge < -0.3 is 5.32 Å². The minimum atomic E-state index is -0.183. The number of aromatic nitrogens is 1. The molecule has 0 aliphatic heterocycles. The number of halogens is 1. The summed E-state index contributed by atoms with van der Waals surface area (Å²) in [6.07, 6.45) is 3.43. The van der Waals surface area contributed by atoms with E-state index in [0.29, 0.717) is 10.6 Å². The zero-order valence-electron chi connectivity index (χ0n) is 9.93.